The lowest BCUT2D eigenvalue weighted by molar-refractivity contribution is -0.109. The predicted molar refractivity (Wildman–Crippen MR) is 59.9 cm³/mol. The Hall–Kier alpha value is -0.740. The van der Waals surface area contributed by atoms with E-state index in [9.17, 15) is 9.18 Å². The fraction of sp³-hybridized carbons (Fsp3) is 0.300. The first-order chi connectivity index (χ1) is 7.06. The van der Waals surface area contributed by atoms with E-state index >= 15 is 0 Å². The number of thioether (sulfide) groups is 1. The Labute approximate surface area is 96.8 Å². The van der Waals surface area contributed by atoms with E-state index in [4.69, 9.17) is 16.3 Å². The Balaban J connectivity index is 2.98. The highest BCUT2D eigenvalue weighted by molar-refractivity contribution is 8.12. The van der Waals surface area contributed by atoms with E-state index in [0.29, 0.717) is 10.6 Å². The van der Waals surface area contributed by atoms with Gasteiger partial charge in [0.1, 0.15) is 0 Å². The standard InChI is InChI=1S/C10H10ClFO2S/c1-6(13)15-5-7-8(11)3-4-9(14-2)10(7)12/h3-4H,5H2,1-2H3. The number of carbonyl (C=O) groups is 1. The lowest BCUT2D eigenvalue weighted by atomic mass is 10.2. The second kappa shape index (κ2) is 5.37. The Bertz CT molecular complexity index is 382. The van der Waals surface area contributed by atoms with E-state index < -0.39 is 5.82 Å². The molecule has 0 fully saturated rings. The molecule has 0 bridgehead atoms. The normalized spacial score (nSPS) is 10.1. The molecular weight excluding hydrogens is 239 g/mol. The van der Waals surface area contributed by atoms with E-state index in [-0.39, 0.29) is 16.6 Å². The number of methoxy groups -OCH3 is 1. The summed E-state index contributed by atoms with van der Waals surface area (Å²) in [5.74, 6) is -0.144. The van der Waals surface area contributed by atoms with Crippen LogP contribution in [0.1, 0.15) is 12.5 Å². The van der Waals surface area contributed by atoms with Crippen LogP contribution in [0.5, 0.6) is 5.75 Å². The summed E-state index contributed by atoms with van der Waals surface area (Å²) in [4.78, 5) is 10.8. The first kappa shape index (κ1) is 12.3. The molecule has 1 rings (SSSR count). The van der Waals surface area contributed by atoms with Crippen LogP contribution in [-0.4, -0.2) is 12.2 Å². The Morgan fingerprint density at radius 1 is 1.60 bits per heavy atom. The quantitative estimate of drug-likeness (QED) is 0.821. The monoisotopic (exact) mass is 248 g/mol. The van der Waals surface area contributed by atoms with Gasteiger partial charge in [-0.05, 0) is 12.1 Å². The fourth-order valence-corrected chi connectivity index (χ4v) is 1.96. The maximum atomic E-state index is 13.7. The van der Waals surface area contributed by atoms with Crippen molar-refractivity contribution in [3.8, 4) is 5.75 Å². The summed E-state index contributed by atoms with van der Waals surface area (Å²) in [6, 6.07) is 3.01. The van der Waals surface area contributed by atoms with Gasteiger partial charge >= 0.3 is 0 Å². The molecule has 0 aliphatic heterocycles. The van der Waals surface area contributed by atoms with Crippen molar-refractivity contribution in [2.75, 3.05) is 7.11 Å². The van der Waals surface area contributed by atoms with Crippen LogP contribution < -0.4 is 4.74 Å². The second-order valence-corrected chi connectivity index (χ2v) is 4.38. The van der Waals surface area contributed by atoms with Gasteiger partial charge in [0.25, 0.3) is 0 Å². The van der Waals surface area contributed by atoms with Gasteiger partial charge in [0, 0.05) is 23.3 Å². The molecule has 0 heterocycles. The van der Waals surface area contributed by atoms with Crippen molar-refractivity contribution >= 4 is 28.5 Å². The van der Waals surface area contributed by atoms with Gasteiger partial charge in [-0.25, -0.2) is 4.39 Å². The van der Waals surface area contributed by atoms with Crippen molar-refractivity contribution < 1.29 is 13.9 Å². The molecule has 82 valence electrons. The lowest BCUT2D eigenvalue weighted by Crippen LogP contribution is -1.96. The van der Waals surface area contributed by atoms with Crippen molar-refractivity contribution in [3.63, 3.8) is 0 Å². The minimum atomic E-state index is -0.501. The zero-order chi connectivity index (χ0) is 11.4. The average molecular weight is 249 g/mol. The van der Waals surface area contributed by atoms with E-state index in [1.165, 1.54) is 20.1 Å². The maximum Gasteiger partial charge on any atom is 0.186 e. The van der Waals surface area contributed by atoms with Crippen LogP contribution in [0.25, 0.3) is 0 Å². The third kappa shape index (κ3) is 3.11. The van der Waals surface area contributed by atoms with Gasteiger partial charge in [0.15, 0.2) is 16.7 Å². The minimum absolute atomic E-state index is 0.0757. The highest BCUT2D eigenvalue weighted by Crippen LogP contribution is 2.30. The number of benzene rings is 1. The topological polar surface area (TPSA) is 26.3 Å². The van der Waals surface area contributed by atoms with Crippen LogP contribution in [0.2, 0.25) is 5.02 Å². The molecule has 0 saturated carbocycles. The number of ether oxygens (including phenoxy) is 1. The SMILES string of the molecule is COc1ccc(Cl)c(CSC(C)=O)c1F. The summed E-state index contributed by atoms with van der Waals surface area (Å²) in [5, 5.41) is 0.232. The van der Waals surface area contributed by atoms with Gasteiger partial charge in [-0.2, -0.15) is 0 Å². The number of hydrogen-bond donors (Lipinski definition) is 0. The molecule has 0 aliphatic rings. The zero-order valence-electron chi connectivity index (χ0n) is 8.34. The van der Waals surface area contributed by atoms with Gasteiger partial charge in [0.05, 0.1) is 7.11 Å². The average Bonchev–Trinajstić information content (AvgIpc) is 2.17. The molecule has 2 nitrogen and oxygen atoms in total. The van der Waals surface area contributed by atoms with Crippen LogP contribution in [0.4, 0.5) is 4.39 Å². The van der Waals surface area contributed by atoms with Crippen LogP contribution in [-0.2, 0) is 10.5 Å². The smallest absolute Gasteiger partial charge is 0.186 e. The van der Waals surface area contributed by atoms with Gasteiger partial charge < -0.3 is 4.74 Å². The minimum Gasteiger partial charge on any atom is -0.494 e. The Kier molecular flexibility index (Phi) is 4.42. The van der Waals surface area contributed by atoms with E-state index in [0.717, 1.165) is 11.8 Å². The summed E-state index contributed by atoms with van der Waals surface area (Å²) in [5.41, 5.74) is 0.302. The first-order valence-electron chi connectivity index (χ1n) is 4.20. The molecule has 0 aliphatic carbocycles. The van der Waals surface area contributed by atoms with Gasteiger partial charge in [-0.1, -0.05) is 23.4 Å². The molecule has 0 radical (unpaired) electrons. The molecule has 5 heteroatoms. The summed E-state index contributed by atoms with van der Waals surface area (Å²) in [6.07, 6.45) is 0. The third-order valence-corrected chi connectivity index (χ3v) is 2.98. The van der Waals surface area contributed by atoms with E-state index in [1.807, 2.05) is 0 Å². The second-order valence-electron chi connectivity index (χ2n) is 2.82. The van der Waals surface area contributed by atoms with Crippen LogP contribution >= 0.6 is 23.4 Å². The van der Waals surface area contributed by atoms with E-state index in [1.54, 1.807) is 6.07 Å². The fourth-order valence-electron chi connectivity index (χ4n) is 1.04. The summed E-state index contributed by atoms with van der Waals surface area (Å²) in [7, 11) is 1.38. The first-order valence-corrected chi connectivity index (χ1v) is 5.57. The summed E-state index contributed by atoms with van der Waals surface area (Å²) < 4.78 is 18.5. The van der Waals surface area contributed by atoms with E-state index in [2.05, 4.69) is 0 Å². The molecule has 0 spiro atoms. The van der Waals surface area contributed by atoms with Crippen molar-refractivity contribution in [2.45, 2.75) is 12.7 Å². The highest BCUT2D eigenvalue weighted by Gasteiger charge is 2.13. The van der Waals surface area contributed by atoms with Crippen molar-refractivity contribution in [3.05, 3.63) is 28.5 Å². The molecule has 0 aromatic heterocycles. The number of carbonyl (C=O) groups excluding carboxylic acids is 1. The molecule has 1 aromatic carbocycles. The van der Waals surface area contributed by atoms with Crippen LogP contribution in [0.3, 0.4) is 0 Å². The Morgan fingerprint density at radius 2 is 2.27 bits per heavy atom. The van der Waals surface area contributed by atoms with Crippen molar-refractivity contribution in [2.24, 2.45) is 0 Å². The summed E-state index contributed by atoms with van der Waals surface area (Å²) in [6.45, 7) is 1.43. The summed E-state index contributed by atoms with van der Waals surface area (Å²) >= 11 is 6.83. The molecule has 0 N–H and O–H groups in total. The van der Waals surface area contributed by atoms with Crippen LogP contribution in [0.15, 0.2) is 12.1 Å². The van der Waals surface area contributed by atoms with Crippen LogP contribution in [0, 0.1) is 5.82 Å². The zero-order valence-corrected chi connectivity index (χ0v) is 9.91. The number of rotatable bonds is 3. The molecule has 0 unspecified atom stereocenters. The maximum absolute atomic E-state index is 13.7. The lowest BCUT2D eigenvalue weighted by Gasteiger charge is -2.08. The third-order valence-electron chi connectivity index (χ3n) is 1.79. The molecule has 0 atom stereocenters. The largest absolute Gasteiger partial charge is 0.494 e. The Morgan fingerprint density at radius 3 is 2.80 bits per heavy atom. The molecule has 0 amide bonds. The highest BCUT2D eigenvalue weighted by atomic mass is 35.5. The molecule has 1 aromatic rings. The van der Waals surface area contributed by atoms with Gasteiger partial charge in [-0.3, -0.25) is 4.79 Å². The van der Waals surface area contributed by atoms with Crippen molar-refractivity contribution in [1.82, 2.24) is 0 Å². The van der Waals surface area contributed by atoms with Gasteiger partial charge in [-0.15, -0.1) is 0 Å². The molecule has 0 saturated heterocycles. The molecular formula is C10H10ClFO2S. The number of halogens is 2. The van der Waals surface area contributed by atoms with Crippen molar-refractivity contribution in [1.29, 1.82) is 0 Å². The number of hydrogen-bond acceptors (Lipinski definition) is 3. The molecule has 15 heavy (non-hydrogen) atoms. The predicted octanol–water partition coefficient (Wildman–Crippen LogP) is 3.27. The van der Waals surface area contributed by atoms with Gasteiger partial charge in [0.2, 0.25) is 0 Å².